The molecule has 0 aliphatic rings. The second-order valence-electron chi connectivity index (χ2n) is 4.26. The fraction of sp³-hybridized carbons (Fsp3) is 0.133. The van der Waals surface area contributed by atoms with Gasteiger partial charge in [0, 0.05) is 22.5 Å². The number of amides is 1. The van der Waals surface area contributed by atoms with Gasteiger partial charge in [-0.3, -0.25) is 4.79 Å². The first-order valence-electron chi connectivity index (χ1n) is 6.20. The number of nitrogens with one attached hydrogen (secondary N) is 1. The van der Waals surface area contributed by atoms with Gasteiger partial charge in [-0.15, -0.1) is 0 Å². The Labute approximate surface area is 127 Å². The molecule has 0 aliphatic heterocycles. The van der Waals surface area contributed by atoms with Crippen LogP contribution in [0.4, 0.5) is 11.4 Å². The van der Waals surface area contributed by atoms with Gasteiger partial charge < -0.3 is 20.5 Å². The molecule has 21 heavy (non-hydrogen) atoms. The summed E-state index contributed by atoms with van der Waals surface area (Å²) in [6, 6.07) is 11.8. The summed E-state index contributed by atoms with van der Waals surface area (Å²) < 4.78 is 10.6. The van der Waals surface area contributed by atoms with Gasteiger partial charge in [-0.05, 0) is 30.3 Å². The monoisotopic (exact) mass is 306 g/mol. The van der Waals surface area contributed by atoms with E-state index in [0.29, 0.717) is 27.9 Å². The van der Waals surface area contributed by atoms with E-state index >= 15 is 0 Å². The smallest absolute Gasteiger partial charge is 0.262 e. The number of nitrogens with two attached hydrogens (primary N) is 1. The van der Waals surface area contributed by atoms with Crippen molar-refractivity contribution < 1.29 is 14.3 Å². The van der Waals surface area contributed by atoms with Gasteiger partial charge in [-0.25, -0.2) is 0 Å². The third-order valence-corrected chi connectivity index (χ3v) is 2.89. The lowest BCUT2D eigenvalue weighted by Crippen LogP contribution is -2.20. The highest BCUT2D eigenvalue weighted by atomic mass is 35.5. The number of anilines is 2. The number of ether oxygens (including phenoxy) is 2. The molecule has 0 aromatic heterocycles. The van der Waals surface area contributed by atoms with Crippen LogP contribution in [0.15, 0.2) is 42.5 Å². The predicted octanol–water partition coefficient (Wildman–Crippen LogP) is 2.95. The topological polar surface area (TPSA) is 73.6 Å². The Bertz CT molecular complexity index is 647. The summed E-state index contributed by atoms with van der Waals surface area (Å²) >= 11 is 5.84. The molecule has 0 fully saturated rings. The van der Waals surface area contributed by atoms with Crippen LogP contribution >= 0.6 is 11.6 Å². The van der Waals surface area contributed by atoms with Crippen LogP contribution in [-0.4, -0.2) is 19.6 Å². The van der Waals surface area contributed by atoms with Gasteiger partial charge in [-0.2, -0.15) is 0 Å². The molecule has 2 rings (SSSR count). The largest absolute Gasteiger partial charge is 0.493 e. The minimum atomic E-state index is -0.295. The number of methoxy groups -OCH3 is 1. The molecule has 0 bridgehead atoms. The van der Waals surface area contributed by atoms with Gasteiger partial charge in [0.05, 0.1) is 7.11 Å². The summed E-state index contributed by atoms with van der Waals surface area (Å²) in [6.07, 6.45) is 0. The molecule has 5 nitrogen and oxygen atoms in total. The number of rotatable bonds is 5. The summed E-state index contributed by atoms with van der Waals surface area (Å²) in [5.74, 6) is 0.634. The molecule has 0 spiro atoms. The first kappa shape index (κ1) is 15.0. The molecular formula is C15H15ClN2O3. The van der Waals surface area contributed by atoms with Gasteiger partial charge >= 0.3 is 0 Å². The van der Waals surface area contributed by atoms with Crippen LogP contribution in [0.25, 0.3) is 0 Å². The standard InChI is InChI=1S/C15H15ClN2O3/c1-20-14-8-11(17)5-6-13(14)21-9-15(19)18-12-4-2-3-10(16)7-12/h2-8H,9,17H2,1H3,(H,18,19). The third kappa shape index (κ3) is 4.29. The van der Waals surface area contributed by atoms with E-state index in [0.717, 1.165) is 0 Å². The molecule has 3 N–H and O–H groups in total. The van der Waals surface area contributed by atoms with Gasteiger partial charge in [0.25, 0.3) is 5.91 Å². The van der Waals surface area contributed by atoms with Gasteiger partial charge in [-0.1, -0.05) is 17.7 Å². The maximum Gasteiger partial charge on any atom is 0.262 e. The van der Waals surface area contributed by atoms with Crippen LogP contribution in [0.5, 0.6) is 11.5 Å². The molecule has 0 radical (unpaired) electrons. The average Bonchev–Trinajstić information content (AvgIpc) is 2.45. The summed E-state index contributed by atoms with van der Waals surface area (Å²) in [5, 5.41) is 3.24. The Hall–Kier alpha value is -2.40. The zero-order chi connectivity index (χ0) is 15.2. The fourth-order valence-corrected chi connectivity index (χ4v) is 1.90. The Morgan fingerprint density at radius 3 is 2.76 bits per heavy atom. The van der Waals surface area contributed by atoms with E-state index < -0.39 is 0 Å². The lowest BCUT2D eigenvalue weighted by molar-refractivity contribution is -0.118. The second-order valence-corrected chi connectivity index (χ2v) is 4.69. The minimum Gasteiger partial charge on any atom is -0.493 e. The van der Waals surface area contributed by atoms with E-state index in [1.807, 2.05) is 0 Å². The molecule has 0 saturated carbocycles. The van der Waals surface area contributed by atoms with Crippen LogP contribution in [-0.2, 0) is 4.79 Å². The van der Waals surface area contributed by atoms with E-state index in [-0.39, 0.29) is 12.5 Å². The van der Waals surface area contributed by atoms with Gasteiger partial charge in [0.15, 0.2) is 18.1 Å². The third-order valence-electron chi connectivity index (χ3n) is 2.65. The molecule has 0 aliphatic carbocycles. The number of halogens is 1. The van der Waals surface area contributed by atoms with Crippen LogP contribution in [0.3, 0.4) is 0 Å². The van der Waals surface area contributed by atoms with Crippen molar-refractivity contribution in [2.45, 2.75) is 0 Å². The van der Waals surface area contributed by atoms with Gasteiger partial charge in [0.1, 0.15) is 0 Å². The van der Waals surface area contributed by atoms with Crippen molar-refractivity contribution >= 4 is 28.9 Å². The zero-order valence-corrected chi connectivity index (χ0v) is 12.2. The quantitative estimate of drug-likeness (QED) is 0.833. The van der Waals surface area contributed by atoms with E-state index in [4.69, 9.17) is 26.8 Å². The molecule has 2 aromatic carbocycles. The molecule has 0 unspecified atom stereocenters. The summed E-state index contributed by atoms with van der Waals surface area (Å²) in [6.45, 7) is -0.146. The van der Waals surface area contributed by atoms with Crippen LogP contribution in [0.1, 0.15) is 0 Å². The Morgan fingerprint density at radius 1 is 1.24 bits per heavy atom. The molecule has 0 saturated heterocycles. The number of carbonyl (C=O) groups is 1. The number of benzene rings is 2. The summed E-state index contributed by atoms with van der Waals surface area (Å²) in [7, 11) is 1.51. The minimum absolute atomic E-state index is 0.146. The number of nitrogen functional groups attached to an aromatic ring is 1. The molecule has 0 heterocycles. The van der Waals surface area contributed by atoms with Crippen molar-refractivity contribution in [1.82, 2.24) is 0 Å². The van der Waals surface area contributed by atoms with Crippen LogP contribution < -0.4 is 20.5 Å². The maximum atomic E-state index is 11.8. The molecular weight excluding hydrogens is 292 g/mol. The van der Waals surface area contributed by atoms with E-state index in [9.17, 15) is 4.79 Å². The Morgan fingerprint density at radius 2 is 2.05 bits per heavy atom. The molecule has 110 valence electrons. The Balaban J connectivity index is 1.95. The first-order valence-corrected chi connectivity index (χ1v) is 6.58. The van der Waals surface area contributed by atoms with Crippen molar-refractivity contribution in [1.29, 1.82) is 0 Å². The molecule has 1 amide bonds. The fourth-order valence-electron chi connectivity index (χ4n) is 1.71. The highest BCUT2D eigenvalue weighted by molar-refractivity contribution is 6.30. The lowest BCUT2D eigenvalue weighted by atomic mass is 10.3. The summed E-state index contributed by atoms with van der Waals surface area (Å²) in [4.78, 5) is 11.8. The number of hydrogen-bond acceptors (Lipinski definition) is 4. The summed E-state index contributed by atoms with van der Waals surface area (Å²) in [5.41, 5.74) is 6.82. The van der Waals surface area contributed by atoms with Crippen LogP contribution in [0.2, 0.25) is 5.02 Å². The van der Waals surface area contributed by atoms with Crippen LogP contribution in [0, 0.1) is 0 Å². The predicted molar refractivity (Wildman–Crippen MR) is 83.0 cm³/mol. The number of hydrogen-bond donors (Lipinski definition) is 2. The van der Waals surface area contributed by atoms with E-state index in [1.54, 1.807) is 42.5 Å². The zero-order valence-electron chi connectivity index (χ0n) is 11.4. The SMILES string of the molecule is COc1cc(N)ccc1OCC(=O)Nc1cccc(Cl)c1. The van der Waals surface area contributed by atoms with Gasteiger partial charge in [0.2, 0.25) is 0 Å². The first-order chi connectivity index (χ1) is 10.1. The second kappa shape index (κ2) is 6.85. The molecule has 0 atom stereocenters. The van der Waals surface area contributed by atoms with Crippen molar-refractivity contribution in [2.24, 2.45) is 0 Å². The van der Waals surface area contributed by atoms with Crippen molar-refractivity contribution in [3.8, 4) is 11.5 Å². The highest BCUT2D eigenvalue weighted by Gasteiger charge is 2.08. The van der Waals surface area contributed by atoms with Crippen molar-refractivity contribution in [3.05, 3.63) is 47.5 Å². The molecule has 6 heteroatoms. The van der Waals surface area contributed by atoms with Crippen molar-refractivity contribution in [3.63, 3.8) is 0 Å². The highest BCUT2D eigenvalue weighted by Crippen LogP contribution is 2.28. The van der Waals surface area contributed by atoms with E-state index in [1.165, 1.54) is 7.11 Å². The van der Waals surface area contributed by atoms with E-state index in [2.05, 4.69) is 5.32 Å². The normalized spacial score (nSPS) is 10.0. The number of carbonyl (C=O) groups excluding carboxylic acids is 1. The maximum absolute atomic E-state index is 11.8. The Kier molecular flexibility index (Phi) is 4.90. The van der Waals surface area contributed by atoms with Crippen molar-refractivity contribution in [2.75, 3.05) is 24.8 Å². The molecule has 2 aromatic rings. The lowest BCUT2D eigenvalue weighted by Gasteiger charge is -2.11. The average molecular weight is 307 g/mol.